The first kappa shape index (κ1) is 34.2. The summed E-state index contributed by atoms with van der Waals surface area (Å²) in [6, 6.07) is 18.0. The van der Waals surface area contributed by atoms with E-state index in [1.165, 1.54) is 32.1 Å². The number of benzene rings is 3. The minimum Gasteiger partial charge on any atom is -0.341 e. The SMILES string of the molecule is Cl.Cl.Cl.Cl.FC1(F)c2cc(-c3ccc4nc([C@@H]5NC6CCC5C6)[nH]c4c3)ccc2-c2ccc(-c3cnc([C@H]4CC5(CC5)CN4)[nH]3)cc21. The molecule has 4 N–H and O–H groups in total. The van der Waals surface area contributed by atoms with E-state index in [-0.39, 0.29) is 72.8 Å². The Kier molecular flexibility index (Phi) is 8.72. The molecular weight excluding hydrogens is 684 g/mol. The molecule has 2 aromatic heterocycles. The van der Waals surface area contributed by atoms with Gasteiger partial charge in [-0.1, -0.05) is 30.3 Å². The maximum Gasteiger partial charge on any atom is 0.299 e. The third-order valence-corrected chi connectivity index (χ3v) is 11.0. The number of aromatic nitrogens is 4. The van der Waals surface area contributed by atoms with Gasteiger partial charge in [-0.2, -0.15) is 8.78 Å². The van der Waals surface area contributed by atoms with Gasteiger partial charge in [0.2, 0.25) is 0 Å². The van der Waals surface area contributed by atoms with Crippen molar-refractivity contribution in [3.8, 4) is 33.5 Å². The van der Waals surface area contributed by atoms with Gasteiger partial charge in [-0.25, -0.2) is 9.97 Å². The second-order valence-electron chi connectivity index (χ2n) is 13.7. The van der Waals surface area contributed by atoms with Crippen LogP contribution in [0.1, 0.15) is 73.4 Å². The van der Waals surface area contributed by atoms with Crippen molar-refractivity contribution < 1.29 is 8.78 Å². The zero-order chi connectivity index (χ0) is 28.5. The van der Waals surface area contributed by atoms with Crippen LogP contribution >= 0.6 is 49.6 Å². The summed E-state index contributed by atoms with van der Waals surface area (Å²) in [6.07, 6.45) is 9.16. The Morgan fingerprint density at radius 2 is 1.47 bits per heavy atom. The zero-order valence-corrected chi connectivity index (χ0v) is 28.6. The molecule has 1 spiro atoms. The Hall–Kier alpha value is -2.72. The number of aromatic amines is 2. The third kappa shape index (κ3) is 5.27. The lowest BCUT2D eigenvalue weighted by Crippen LogP contribution is -2.29. The van der Waals surface area contributed by atoms with Gasteiger partial charge in [-0.05, 0) is 96.4 Å². The maximum absolute atomic E-state index is 16.1. The molecule has 12 heteroatoms. The van der Waals surface area contributed by atoms with Gasteiger partial charge in [-0.3, -0.25) is 0 Å². The Morgan fingerprint density at radius 1 is 0.766 bits per heavy atom. The molecule has 2 saturated heterocycles. The zero-order valence-electron chi connectivity index (χ0n) is 25.3. The molecule has 2 saturated carbocycles. The summed E-state index contributed by atoms with van der Waals surface area (Å²) in [7, 11) is 0. The number of piperidine rings is 1. The Labute approximate surface area is 296 Å². The second-order valence-corrected chi connectivity index (χ2v) is 13.7. The fourth-order valence-corrected chi connectivity index (χ4v) is 8.42. The first-order valence-corrected chi connectivity index (χ1v) is 15.6. The average Bonchev–Trinajstić information content (AvgIpc) is 3.68. The molecule has 0 amide bonds. The minimum atomic E-state index is -3.09. The molecule has 2 aliphatic heterocycles. The van der Waals surface area contributed by atoms with E-state index in [2.05, 4.69) is 25.6 Å². The van der Waals surface area contributed by atoms with Gasteiger partial charge >= 0.3 is 0 Å². The highest BCUT2D eigenvalue weighted by atomic mass is 35.5. The number of alkyl halides is 2. The molecule has 0 radical (unpaired) electrons. The molecule has 248 valence electrons. The summed E-state index contributed by atoms with van der Waals surface area (Å²) < 4.78 is 32.2. The standard InChI is InChI=1S/C35H32F2N6.4ClH/c36-35(37)25-12-18(19-4-8-27-28(14-19)42-33(41-27)31-21-1-5-22(11-21)40-31)2-6-23(25)24-7-3-20(13-26(24)35)30-16-38-32(43-30)29-15-34(9-10-34)17-39-29;;;;/h2-4,6-8,12-14,16,21-22,29,31,39-40H,1,5,9-11,15,17H2,(H,38,43)(H,41,42);4*1H/t21?,22?,29-,31-;;;;/m1..../s1. The highest BCUT2D eigenvalue weighted by molar-refractivity contribution is 5.87. The van der Waals surface area contributed by atoms with Crippen LogP contribution in [-0.2, 0) is 5.92 Å². The van der Waals surface area contributed by atoms with Crippen LogP contribution in [0.15, 0.2) is 60.8 Å². The lowest BCUT2D eigenvalue weighted by Gasteiger charge is -2.20. The lowest BCUT2D eigenvalue weighted by atomic mass is 9.98. The van der Waals surface area contributed by atoms with Crippen LogP contribution in [0, 0.1) is 11.3 Å². The average molecular weight is 721 g/mol. The van der Waals surface area contributed by atoms with E-state index in [9.17, 15) is 0 Å². The van der Waals surface area contributed by atoms with Crippen LogP contribution in [0.4, 0.5) is 8.78 Å². The number of fused-ring (bicyclic) bond motifs is 6. The number of imidazole rings is 2. The van der Waals surface area contributed by atoms with Gasteiger partial charge in [0.25, 0.3) is 5.92 Å². The van der Waals surface area contributed by atoms with Crippen molar-refractivity contribution in [2.24, 2.45) is 11.3 Å². The molecular formula is C35H36Cl4F2N6. The largest absolute Gasteiger partial charge is 0.341 e. The third-order valence-electron chi connectivity index (χ3n) is 11.0. The number of rotatable bonds is 4. The number of nitrogens with zero attached hydrogens (tertiary/aromatic N) is 2. The molecule has 6 nitrogen and oxygen atoms in total. The summed E-state index contributed by atoms with van der Waals surface area (Å²) in [5.74, 6) is -0.571. The Morgan fingerprint density at radius 3 is 2.15 bits per heavy atom. The monoisotopic (exact) mass is 718 g/mol. The molecule has 47 heavy (non-hydrogen) atoms. The summed E-state index contributed by atoms with van der Waals surface area (Å²) in [5.41, 5.74) is 6.79. The maximum atomic E-state index is 16.1. The topological polar surface area (TPSA) is 81.4 Å². The predicted octanol–water partition coefficient (Wildman–Crippen LogP) is 9.06. The van der Waals surface area contributed by atoms with Gasteiger partial charge in [0.15, 0.2) is 0 Å². The molecule has 3 aliphatic carbocycles. The van der Waals surface area contributed by atoms with Gasteiger partial charge in [-0.15, -0.1) is 49.6 Å². The number of H-pyrrole nitrogens is 2. The highest BCUT2D eigenvalue weighted by Gasteiger charge is 2.49. The van der Waals surface area contributed by atoms with Gasteiger partial charge in [0.1, 0.15) is 11.6 Å². The summed E-state index contributed by atoms with van der Waals surface area (Å²) in [4.78, 5) is 16.4. The first-order chi connectivity index (χ1) is 20.9. The van der Waals surface area contributed by atoms with Crippen LogP contribution in [0.2, 0.25) is 0 Å². The van der Waals surface area contributed by atoms with Crippen LogP contribution in [-0.4, -0.2) is 32.5 Å². The van der Waals surface area contributed by atoms with E-state index in [4.69, 9.17) is 4.98 Å². The van der Waals surface area contributed by atoms with E-state index in [0.29, 0.717) is 28.5 Å². The van der Waals surface area contributed by atoms with Crippen molar-refractivity contribution in [1.82, 2.24) is 30.6 Å². The Bertz CT molecular complexity index is 1970. The smallest absolute Gasteiger partial charge is 0.299 e. The van der Waals surface area contributed by atoms with Crippen molar-refractivity contribution in [2.75, 3.05) is 6.54 Å². The number of halogens is 6. The molecule has 4 atom stereocenters. The molecule has 5 aliphatic rings. The van der Waals surface area contributed by atoms with E-state index in [1.54, 1.807) is 18.3 Å². The fraction of sp³-hybridized carbons (Fsp3) is 0.371. The van der Waals surface area contributed by atoms with Crippen molar-refractivity contribution in [1.29, 1.82) is 0 Å². The molecule has 10 rings (SSSR count). The van der Waals surface area contributed by atoms with Crippen molar-refractivity contribution in [3.63, 3.8) is 0 Å². The number of nitrogens with one attached hydrogen (secondary N) is 4. The molecule has 5 aromatic rings. The first-order valence-electron chi connectivity index (χ1n) is 15.6. The Balaban J connectivity index is 0.000000966. The van der Waals surface area contributed by atoms with E-state index < -0.39 is 5.92 Å². The quantitative estimate of drug-likeness (QED) is 0.149. The predicted molar refractivity (Wildman–Crippen MR) is 191 cm³/mol. The van der Waals surface area contributed by atoms with Gasteiger partial charge in [0, 0.05) is 29.3 Å². The lowest BCUT2D eigenvalue weighted by molar-refractivity contribution is 0.0481. The minimum absolute atomic E-state index is 0. The normalized spacial score (nSPS) is 25.0. The molecule has 3 aromatic carbocycles. The van der Waals surface area contributed by atoms with Crippen molar-refractivity contribution >= 4 is 60.7 Å². The number of hydrogen-bond acceptors (Lipinski definition) is 4. The summed E-state index contributed by atoms with van der Waals surface area (Å²) >= 11 is 0. The van der Waals surface area contributed by atoms with Crippen LogP contribution in [0.3, 0.4) is 0 Å². The molecule has 4 fully saturated rings. The van der Waals surface area contributed by atoms with E-state index in [0.717, 1.165) is 58.0 Å². The van der Waals surface area contributed by atoms with E-state index >= 15 is 8.78 Å². The van der Waals surface area contributed by atoms with Crippen LogP contribution in [0.25, 0.3) is 44.5 Å². The van der Waals surface area contributed by atoms with E-state index in [1.807, 2.05) is 42.5 Å². The van der Waals surface area contributed by atoms with Crippen molar-refractivity contribution in [2.45, 2.75) is 62.6 Å². The van der Waals surface area contributed by atoms with Crippen LogP contribution < -0.4 is 10.6 Å². The molecule has 2 unspecified atom stereocenters. The summed E-state index contributed by atoms with van der Waals surface area (Å²) in [6.45, 7) is 1.04. The molecule has 4 heterocycles. The molecule has 2 bridgehead atoms. The van der Waals surface area contributed by atoms with Gasteiger partial charge in [0.05, 0.1) is 35.0 Å². The van der Waals surface area contributed by atoms with Crippen LogP contribution in [0.5, 0.6) is 0 Å². The second kappa shape index (κ2) is 12.0. The van der Waals surface area contributed by atoms with Crippen molar-refractivity contribution in [3.05, 3.63) is 83.6 Å². The fourth-order valence-electron chi connectivity index (χ4n) is 8.42. The highest BCUT2D eigenvalue weighted by Crippen LogP contribution is 2.55. The van der Waals surface area contributed by atoms with Gasteiger partial charge < -0.3 is 20.6 Å². The summed E-state index contributed by atoms with van der Waals surface area (Å²) in [5, 5.41) is 7.29. The number of hydrogen-bond donors (Lipinski definition) is 4.